The molecule has 0 aliphatic heterocycles. The predicted molar refractivity (Wildman–Crippen MR) is 246 cm³/mol. The highest BCUT2D eigenvalue weighted by molar-refractivity contribution is 6.30. The van der Waals surface area contributed by atoms with Crippen LogP contribution in [0.2, 0.25) is 0 Å². The van der Waals surface area contributed by atoms with E-state index in [2.05, 4.69) is 240 Å². The van der Waals surface area contributed by atoms with Gasteiger partial charge in [-0.25, -0.2) is 0 Å². The van der Waals surface area contributed by atoms with Crippen molar-refractivity contribution in [2.45, 2.75) is 0 Å². The highest BCUT2D eigenvalue weighted by atomic mass is 15.1. The van der Waals surface area contributed by atoms with Crippen LogP contribution in [0.5, 0.6) is 0 Å². The van der Waals surface area contributed by atoms with Crippen LogP contribution in [0.4, 0.5) is 17.1 Å². The van der Waals surface area contributed by atoms with Gasteiger partial charge in [-0.1, -0.05) is 170 Å². The van der Waals surface area contributed by atoms with Gasteiger partial charge in [0.25, 0.3) is 0 Å². The molecular formula is C56H38N2. The Kier molecular flexibility index (Phi) is 8.19. The largest absolute Gasteiger partial charge is 0.315 e. The van der Waals surface area contributed by atoms with Gasteiger partial charge in [0.05, 0.1) is 11.0 Å². The quantitative estimate of drug-likeness (QED) is 0.148. The Balaban J connectivity index is 0.914. The topological polar surface area (TPSA) is 7.65 Å². The van der Waals surface area contributed by atoms with Gasteiger partial charge < -0.3 is 9.30 Å². The van der Waals surface area contributed by atoms with E-state index in [1.54, 1.807) is 0 Å². The third-order valence-electron chi connectivity index (χ3n) is 11.6. The lowest BCUT2D eigenvalue weighted by molar-refractivity contribution is 1.26. The zero-order valence-corrected chi connectivity index (χ0v) is 31.8. The first-order chi connectivity index (χ1) is 28.8. The van der Waals surface area contributed by atoms with Gasteiger partial charge in [-0.3, -0.25) is 0 Å². The highest BCUT2D eigenvalue weighted by Crippen LogP contribution is 2.45. The normalized spacial score (nSPS) is 11.4. The highest BCUT2D eigenvalue weighted by Gasteiger charge is 2.20. The van der Waals surface area contributed by atoms with Crippen LogP contribution in [0.25, 0.3) is 82.5 Å². The van der Waals surface area contributed by atoms with E-state index in [9.17, 15) is 0 Å². The summed E-state index contributed by atoms with van der Waals surface area (Å²) in [4.78, 5) is 2.29. The SMILES string of the molecule is c1ccc(-c2c3c4ccc(-c5ccc(-c6ccc(-c7ccc(N(c8ccccc8)c8ccccc8)cc7)cc6)cc5)cc4c4ccccc4c3n3ccccc23)cc1. The number of benzene rings is 9. The van der Waals surface area contributed by atoms with Crippen molar-refractivity contribution in [3.8, 4) is 44.5 Å². The number of nitrogens with zero attached hydrogens (tertiary/aromatic N) is 2. The number of aromatic nitrogens is 1. The number of rotatable bonds is 7. The zero-order chi connectivity index (χ0) is 38.4. The van der Waals surface area contributed by atoms with Crippen molar-refractivity contribution in [2.24, 2.45) is 0 Å². The molecular weight excluding hydrogens is 701 g/mol. The standard InChI is InChI=1S/C56H38N2/c1-4-14-44(15-5-1)54-53-22-12-13-37-57(53)56-51-21-11-10-20-49(51)52-38-45(33-36-50(52)55(54)56)43-29-27-40(28-30-43)39-23-25-41(26-24-39)42-31-34-48(35-32-42)58(46-16-6-2-7-17-46)47-18-8-3-9-19-47/h1-38H. The summed E-state index contributed by atoms with van der Waals surface area (Å²) >= 11 is 0. The molecule has 0 aliphatic rings. The molecule has 9 aromatic carbocycles. The second-order valence-corrected chi connectivity index (χ2v) is 14.9. The van der Waals surface area contributed by atoms with E-state index < -0.39 is 0 Å². The molecule has 2 nitrogen and oxygen atoms in total. The van der Waals surface area contributed by atoms with Crippen molar-refractivity contribution in [3.63, 3.8) is 0 Å². The average Bonchev–Trinajstić information content (AvgIpc) is 3.66. The summed E-state index contributed by atoms with van der Waals surface area (Å²) in [6.07, 6.45) is 2.20. The van der Waals surface area contributed by atoms with Crippen molar-refractivity contribution in [1.29, 1.82) is 0 Å². The minimum Gasteiger partial charge on any atom is -0.315 e. The van der Waals surface area contributed by atoms with E-state index in [1.165, 1.54) is 82.5 Å². The van der Waals surface area contributed by atoms with E-state index in [0.29, 0.717) is 0 Å². The second-order valence-electron chi connectivity index (χ2n) is 14.9. The molecule has 0 atom stereocenters. The first-order valence-electron chi connectivity index (χ1n) is 19.9. The molecule has 0 N–H and O–H groups in total. The fraction of sp³-hybridized carbons (Fsp3) is 0. The van der Waals surface area contributed by atoms with Gasteiger partial charge in [0.1, 0.15) is 0 Å². The molecule has 2 heteroatoms. The van der Waals surface area contributed by atoms with Crippen LogP contribution in [0, 0.1) is 0 Å². The molecule has 11 aromatic rings. The van der Waals surface area contributed by atoms with Crippen LogP contribution in [0.15, 0.2) is 231 Å². The number of pyridine rings is 1. The molecule has 0 fully saturated rings. The molecule has 11 rings (SSSR count). The lowest BCUT2D eigenvalue weighted by atomic mass is 9.91. The van der Waals surface area contributed by atoms with Crippen LogP contribution in [0.3, 0.4) is 0 Å². The summed E-state index contributed by atoms with van der Waals surface area (Å²) in [7, 11) is 0. The molecule has 2 aromatic heterocycles. The minimum absolute atomic E-state index is 1.13. The molecule has 0 radical (unpaired) electrons. The van der Waals surface area contributed by atoms with Crippen LogP contribution < -0.4 is 4.90 Å². The number of hydrogen-bond acceptors (Lipinski definition) is 1. The Bertz CT molecular complexity index is 3180. The molecule has 0 aliphatic carbocycles. The van der Waals surface area contributed by atoms with Gasteiger partial charge in [-0.05, 0) is 110 Å². The van der Waals surface area contributed by atoms with Gasteiger partial charge in [0.2, 0.25) is 0 Å². The van der Waals surface area contributed by atoms with E-state index in [-0.39, 0.29) is 0 Å². The Morgan fingerprint density at radius 3 is 1.33 bits per heavy atom. The molecule has 0 bridgehead atoms. The number of anilines is 3. The summed E-state index contributed by atoms with van der Waals surface area (Å²) in [5.41, 5.74) is 15.6. The maximum Gasteiger partial charge on any atom is 0.0620 e. The molecule has 58 heavy (non-hydrogen) atoms. The average molecular weight is 739 g/mol. The number of para-hydroxylation sites is 2. The van der Waals surface area contributed by atoms with Crippen LogP contribution in [0.1, 0.15) is 0 Å². The second kappa shape index (κ2) is 14.1. The van der Waals surface area contributed by atoms with E-state index >= 15 is 0 Å². The minimum atomic E-state index is 1.13. The molecule has 0 spiro atoms. The molecule has 0 saturated carbocycles. The molecule has 0 saturated heterocycles. The number of hydrogen-bond donors (Lipinski definition) is 0. The maximum absolute atomic E-state index is 2.39. The first kappa shape index (κ1) is 33.6. The van der Waals surface area contributed by atoms with Gasteiger partial charge in [0, 0.05) is 39.6 Å². The van der Waals surface area contributed by atoms with Crippen LogP contribution >= 0.6 is 0 Å². The predicted octanol–water partition coefficient (Wildman–Crippen LogP) is 15.5. The lowest BCUT2D eigenvalue weighted by Gasteiger charge is -2.25. The summed E-state index contributed by atoms with van der Waals surface area (Å²) in [6.45, 7) is 0. The van der Waals surface area contributed by atoms with Crippen molar-refractivity contribution < 1.29 is 0 Å². The fourth-order valence-corrected chi connectivity index (χ4v) is 8.84. The monoisotopic (exact) mass is 738 g/mol. The van der Waals surface area contributed by atoms with Crippen molar-refractivity contribution in [2.75, 3.05) is 4.90 Å². The van der Waals surface area contributed by atoms with Gasteiger partial charge in [-0.15, -0.1) is 0 Å². The van der Waals surface area contributed by atoms with Gasteiger partial charge in [-0.2, -0.15) is 0 Å². The van der Waals surface area contributed by atoms with Crippen LogP contribution in [-0.2, 0) is 0 Å². The lowest BCUT2D eigenvalue weighted by Crippen LogP contribution is -2.09. The summed E-state index contributed by atoms with van der Waals surface area (Å²) in [5.74, 6) is 0. The smallest absolute Gasteiger partial charge is 0.0620 e. The van der Waals surface area contributed by atoms with Gasteiger partial charge >= 0.3 is 0 Å². The molecule has 2 heterocycles. The summed E-state index contributed by atoms with van der Waals surface area (Å²) < 4.78 is 2.38. The third-order valence-corrected chi connectivity index (χ3v) is 11.6. The first-order valence-corrected chi connectivity index (χ1v) is 19.9. The Labute approximate surface area is 338 Å². The Morgan fingerprint density at radius 1 is 0.293 bits per heavy atom. The van der Waals surface area contributed by atoms with E-state index in [4.69, 9.17) is 0 Å². The van der Waals surface area contributed by atoms with E-state index in [1.807, 2.05) is 0 Å². The third kappa shape index (κ3) is 5.74. The molecule has 272 valence electrons. The van der Waals surface area contributed by atoms with Crippen molar-refractivity contribution in [1.82, 2.24) is 4.40 Å². The summed E-state index contributed by atoms with van der Waals surface area (Å²) in [6, 6.07) is 81.1. The summed E-state index contributed by atoms with van der Waals surface area (Å²) in [5, 5.41) is 6.38. The molecule has 0 amide bonds. The van der Waals surface area contributed by atoms with Crippen molar-refractivity contribution in [3.05, 3.63) is 231 Å². The Morgan fingerprint density at radius 2 is 0.741 bits per heavy atom. The van der Waals surface area contributed by atoms with E-state index in [0.717, 1.165) is 17.1 Å². The van der Waals surface area contributed by atoms with Crippen molar-refractivity contribution >= 4 is 55.0 Å². The maximum atomic E-state index is 2.39. The molecule has 0 unspecified atom stereocenters. The zero-order valence-electron chi connectivity index (χ0n) is 31.8. The number of fused-ring (bicyclic) bond motifs is 8. The Hall–Kier alpha value is -7.68. The van der Waals surface area contributed by atoms with Gasteiger partial charge in [0.15, 0.2) is 0 Å². The fourth-order valence-electron chi connectivity index (χ4n) is 8.84. The van der Waals surface area contributed by atoms with Crippen LogP contribution in [-0.4, -0.2) is 4.40 Å².